The fourth-order valence-electron chi connectivity index (χ4n) is 3.27. The molecule has 5 nitrogen and oxygen atoms in total. The minimum atomic E-state index is -0.808. The van der Waals surface area contributed by atoms with Crippen molar-refractivity contribution in [1.29, 1.82) is 0 Å². The molecule has 0 aliphatic carbocycles. The molecule has 0 aromatic heterocycles. The fourth-order valence-corrected chi connectivity index (χ4v) is 3.27. The lowest BCUT2D eigenvalue weighted by atomic mass is 9.88. The number of hydrogen-bond acceptors (Lipinski definition) is 3. The Morgan fingerprint density at radius 3 is 2.57 bits per heavy atom. The maximum atomic E-state index is 12.7. The van der Waals surface area contributed by atoms with Crippen molar-refractivity contribution >= 4 is 11.9 Å². The molecule has 1 heterocycles. The molecule has 0 radical (unpaired) electrons. The number of rotatable bonds is 5. The summed E-state index contributed by atoms with van der Waals surface area (Å²) >= 11 is 0. The van der Waals surface area contributed by atoms with Crippen molar-refractivity contribution < 1.29 is 19.4 Å². The number of nitrogens with zero attached hydrogens (tertiary/aromatic N) is 1. The number of aliphatic carboxylic acids is 1. The topological polar surface area (TPSA) is 66.8 Å². The highest BCUT2D eigenvalue weighted by molar-refractivity contribution is 5.80. The number of ether oxygens (including phenoxy) is 1. The number of methoxy groups -OCH3 is 1. The number of amides is 1. The molecule has 1 aromatic carbocycles. The van der Waals surface area contributed by atoms with Crippen molar-refractivity contribution in [2.75, 3.05) is 13.7 Å². The summed E-state index contributed by atoms with van der Waals surface area (Å²) < 4.78 is 5.13. The minimum Gasteiger partial charge on any atom is -0.497 e. The first-order valence-corrected chi connectivity index (χ1v) is 8.10. The van der Waals surface area contributed by atoms with Gasteiger partial charge in [-0.3, -0.25) is 9.59 Å². The van der Waals surface area contributed by atoms with Gasteiger partial charge in [0.1, 0.15) is 5.75 Å². The second kappa shape index (κ2) is 7.49. The Bertz CT molecular complexity index is 555. The standard InChI is InChI=1S/C18H25NO4/c1-12(11-14-6-8-15(23-3)9-7-14)17(20)19-10-4-5-16(13(19)2)18(21)22/h6-9,12-13,16H,4-5,10-11H2,1-3H3,(H,21,22)/t12?,13-,16-/m0/s1. The fraction of sp³-hybridized carbons (Fsp3) is 0.556. The van der Waals surface area contributed by atoms with Gasteiger partial charge in [0.05, 0.1) is 13.0 Å². The molecule has 1 aliphatic heterocycles. The molecular formula is C18H25NO4. The molecule has 1 fully saturated rings. The monoisotopic (exact) mass is 319 g/mol. The van der Waals surface area contributed by atoms with Gasteiger partial charge in [-0.15, -0.1) is 0 Å². The van der Waals surface area contributed by atoms with Crippen LogP contribution in [0.15, 0.2) is 24.3 Å². The zero-order valence-corrected chi connectivity index (χ0v) is 14.0. The summed E-state index contributed by atoms with van der Waals surface area (Å²) in [5.41, 5.74) is 1.08. The van der Waals surface area contributed by atoms with Crippen LogP contribution in [-0.4, -0.2) is 41.6 Å². The van der Waals surface area contributed by atoms with E-state index in [2.05, 4.69) is 0 Å². The number of piperidine rings is 1. The summed E-state index contributed by atoms with van der Waals surface area (Å²) in [6, 6.07) is 7.45. The highest BCUT2D eigenvalue weighted by Crippen LogP contribution is 2.26. The number of carboxylic acid groups (broad SMARTS) is 1. The molecule has 126 valence electrons. The number of hydrogen-bond donors (Lipinski definition) is 1. The molecular weight excluding hydrogens is 294 g/mol. The molecule has 5 heteroatoms. The molecule has 3 atom stereocenters. The summed E-state index contributed by atoms with van der Waals surface area (Å²) in [5, 5.41) is 9.28. The van der Waals surface area contributed by atoms with Crippen LogP contribution >= 0.6 is 0 Å². The highest BCUT2D eigenvalue weighted by atomic mass is 16.5. The van der Waals surface area contributed by atoms with E-state index in [-0.39, 0.29) is 17.9 Å². The van der Waals surface area contributed by atoms with Gasteiger partial charge in [-0.1, -0.05) is 19.1 Å². The van der Waals surface area contributed by atoms with Gasteiger partial charge in [-0.05, 0) is 43.9 Å². The van der Waals surface area contributed by atoms with Crippen LogP contribution in [0.2, 0.25) is 0 Å². The smallest absolute Gasteiger partial charge is 0.308 e. The zero-order valence-electron chi connectivity index (χ0n) is 14.0. The summed E-state index contributed by atoms with van der Waals surface area (Å²) in [6.45, 7) is 4.40. The van der Waals surface area contributed by atoms with Gasteiger partial charge in [-0.2, -0.15) is 0 Å². The number of carboxylic acids is 1. The molecule has 0 saturated carbocycles. The van der Waals surface area contributed by atoms with E-state index in [4.69, 9.17) is 4.74 Å². The van der Waals surface area contributed by atoms with Crippen molar-refractivity contribution in [3.05, 3.63) is 29.8 Å². The average molecular weight is 319 g/mol. The first kappa shape index (κ1) is 17.3. The van der Waals surface area contributed by atoms with E-state index in [1.165, 1.54) is 0 Å². The SMILES string of the molecule is COc1ccc(CC(C)C(=O)N2CCC[C@H](C(=O)O)[C@@H]2C)cc1. The average Bonchev–Trinajstić information content (AvgIpc) is 2.54. The van der Waals surface area contributed by atoms with Crippen molar-refractivity contribution in [1.82, 2.24) is 4.90 Å². The number of carbonyl (C=O) groups is 2. The van der Waals surface area contributed by atoms with E-state index in [0.29, 0.717) is 19.4 Å². The Hall–Kier alpha value is -2.04. The van der Waals surface area contributed by atoms with Gasteiger partial charge < -0.3 is 14.7 Å². The van der Waals surface area contributed by atoms with Gasteiger partial charge in [0.15, 0.2) is 0 Å². The van der Waals surface area contributed by atoms with Crippen LogP contribution in [0.5, 0.6) is 5.75 Å². The number of likely N-dealkylation sites (tertiary alicyclic amines) is 1. The van der Waals surface area contributed by atoms with Crippen LogP contribution in [0.4, 0.5) is 0 Å². The molecule has 1 unspecified atom stereocenters. The molecule has 0 bridgehead atoms. The lowest BCUT2D eigenvalue weighted by Crippen LogP contribution is -2.50. The first-order valence-electron chi connectivity index (χ1n) is 8.10. The van der Waals surface area contributed by atoms with Crippen molar-refractivity contribution in [3.8, 4) is 5.75 Å². The Morgan fingerprint density at radius 2 is 2.00 bits per heavy atom. The van der Waals surface area contributed by atoms with Gasteiger partial charge in [0, 0.05) is 18.5 Å². The third-order valence-electron chi connectivity index (χ3n) is 4.71. The largest absolute Gasteiger partial charge is 0.497 e. The summed E-state index contributed by atoms with van der Waals surface area (Å²) in [5.74, 6) is -0.599. The Morgan fingerprint density at radius 1 is 1.35 bits per heavy atom. The lowest BCUT2D eigenvalue weighted by Gasteiger charge is -2.39. The zero-order chi connectivity index (χ0) is 17.0. The van der Waals surface area contributed by atoms with E-state index >= 15 is 0 Å². The van der Waals surface area contributed by atoms with Crippen LogP contribution in [0, 0.1) is 11.8 Å². The second-order valence-electron chi connectivity index (χ2n) is 6.31. The van der Waals surface area contributed by atoms with Crippen molar-refractivity contribution in [2.45, 2.75) is 39.2 Å². The van der Waals surface area contributed by atoms with Crippen LogP contribution in [0.25, 0.3) is 0 Å². The maximum absolute atomic E-state index is 12.7. The van der Waals surface area contributed by atoms with Crippen LogP contribution in [0.1, 0.15) is 32.3 Å². The van der Waals surface area contributed by atoms with Gasteiger partial charge in [-0.25, -0.2) is 0 Å². The Labute approximate surface area is 137 Å². The Balaban J connectivity index is 2.01. The van der Waals surface area contributed by atoms with E-state index < -0.39 is 11.9 Å². The van der Waals surface area contributed by atoms with E-state index in [1.807, 2.05) is 38.1 Å². The van der Waals surface area contributed by atoms with Gasteiger partial charge >= 0.3 is 5.97 Å². The lowest BCUT2D eigenvalue weighted by molar-refractivity contribution is -0.150. The normalized spacial score (nSPS) is 22.5. The summed E-state index contributed by atoms with van der Waals surface area (Å²) in [6.07, 6.45) is 2.04. The molecule has 1 aromatic rings. The quantitative estimate of drug-likeness (QED) is 0.906. The van der Waals surface area contributed by atoms with E-state index in [1.54, 1.807) is 12.0 Å². The predicted octanol–water partition coefficient (Wildman–Crippen LogP) is 2.59. The second-order valence-corrected chi connectivity index (χ2v) is 6.31. The predicted molar refractivity (Wildman–Crippen MR) is 87.4 cm³/mol. The minimum absolute atomic E-state index is 0.0410. The highest BCUT2D eigenvalue weighted by Gasteiger charge is 2.36. The van der Waals surface area contributed by atoms with Gasteiger partial charge in [0.2, 0.25) is 5.91 Å². The molecule has 1 saturated heterocycles. The first-order chi connectivity index (χ1) is 10.9. The maximum Gasteiger partial charge on any atom is 0.308 e. The third-order valence-corrected chi connectivity index (χ3v) is 4.71. The number of carbonyl (C=O) groups excluding carboxylic acids is 1. The molecule has 1 N–H and O–H groups in total. The van der Waals surface area contributed by atoms with E-state index in [0.717, 1.165) is 17.7 Å². The molecule has 1 aliphatic rings. The van der Waals surface area contributed by atoms with Crippen LogP contribution in [0.3, 0.4) is 0 Å². The van der Waals surface area contributed by atoms with Crippen molar-refractivity contribution in [2.24, 2.45) is 11.8 Å². The molecule has 2 rings (SSSR count). The van der Waals surface area contributed by atoms with Crippen LogP contribution < -0.4 is 4.74 Å². The number of benzene rings is 1. The molecule has 0 spiro atoms. The van der Waals surface area contributed by atoms with Crippen LogP contribution in [-0.2, 0) is 16.0 Å². The van der Waals surface area contributed by atoms with E-state index in [9.17, 15) is 14.7 Å². The van der Waals surface area contributed by atoms with Gasteiger partial charge in [0.25, 0.3) is 0 Å². The molecule has 23 heavy (non-hydrogen) atoms. The summed E-state index contributed by atoms with van der Waals surface area (Å²) in [7, 11) is 1.62. The Kier molecular flexibility index (Phi) is 5.64. The molecule has 1 amide bonds. The third kappa shape index (κ3) is 4.03. The summed E-state index contributed by atoms with van der Waals surface area (Å²) in [4.78, 5) is 25.8. The van der Waals surface area contributed by atoms with Crippen molar-refractivity contribution in [3.63, 3.8) is 0 Å².